The first kappa shape index (κ1) is 18.5. The van der Waals surface area contributed by atoms with Gasteiger partial charge in [0.25, 0.3) is 0 Å². The summed E-state index contributed by atoms with van der Waals surface area (Å²) in [7, 11) is 1.46. The minimum Gasteiger partial charge on any atom is -0.496 e. The van der Waals surface area contributed by atoms with Crippen LogP contribution in [0.1, 0.15) is 23.5 Å². The number of hydrogen-bond acceptors (Lipinski definition) is 3. The summed E-state index contributed by atoms with van der Waals surface area (Å²) in [6, 6.07) is 9.19. The van der Waals surface area contributed by atoms with Gasteiger partial charge in [-0.3, -0.25) is 9.59 Å². The molecule has 2 rings (SSSR count). The van der Waals surface area contributed by atoms with E-state index in [1.807, 2.05) is 25.1 Å². The van der Waals surface area contributed by atoms with Gasteiger partial charge in [-0.15, -0.1) is 0 Å². The third-order valence-electron chi connectivity index (χ3n) is 3.46. The predicted molar refractivity (Wildman–Crippen MR) is 83.6 cm³/mol. The van der Waals surface area contributed by atoms with Crippen molar-refractivity contribution in [1.29, 1.82) is 0 Å². The number of aliphatic carboxylic acids is 2. The van der Waals surface area contributed by atoms with Gasteiger partial charge in [0.1, 0.15) is 5.75 Å². The van der Waals surface area contributed by atoms with Crippen LogP contribution in [0.3, 0.4) is 0 Å². The zero-order valence-corrected chi connectivity index (χ0v) is 14.8. The fraction of sp³-hybridized carbons (Fsp3) is 0.250. The van der Waals surface area contributed by atoms with Gasteiger partial charge in [-0.25, -0.2) is 0 Å². The summed E-state index contributed by atoms with van der Waals surface area (Å²) in [5.74, 6) is -3.05. The minimum atomic E-state index is -1.17. The van der Waals surface area contributed by atoms with Crippen LogP contribution in [-0.4, -0.2) is 58.8 Å². The molecule has 2 aromatic rings. The molecular weight excluding hydrogens is 295 g/mol. The Kier molecular flexibility index (Phi) is 6.41. The molecule has 2 aromatic carbocycles. The molecule has 0 bridgehead atoms. The van der Waals surface area contributed by atoms with Crippen LogP contribution in [0, 0.1) is 6.92 Å². The van der Waals surface area contributed by atoms with Gasteiger partial charge in [-0.1, -0.05) is 24.3 Å². The van der Waals surface area contributed by atoms with E-state index >= 15 is 0 Å². The maximum Gasteiger partial charge on any atom is 0.311 e. The summed E-state index contributed by atoms with van der Waals surface area (Å²) in [6.07, 6.45) is -0.487. The molecule has 0 aromatic heterocycles. The van der Waals surface area contributed by atoms with Crippen LogP contribution in [0.15, 0.2) is 30.3 Å². The summed E-state index contributed by atoms with van der Waals surface area (Å²) in [5.41, 5.74) is 1.20. The van der Waals surface area contributed by atoms with E-state index in [9.17, 15) is 14.7 Å². The molecule has 0 aliphatic heterocycles. The Morgan fingerprint density at radius 3 is 2.41 bits per heavy atom. The molecule has 6 heteroatoms. The predicted octanol–water partition coefficient (Wildman–Crippen LogP) is 2.42. The first-order chi connectivity index (χ1) is 9.95. The van der Waals surface area contributed by atoms with Gasteiger partial charge < -0.3 is 14.9 Å². The second kappa shape index (κ2) is 7.63. The number of rotatable bonds is 5. The largest absolute Gasteiger partial charge is 0.496 e. The van der Waals surface area contributed by atoms with Gasteiger partial charge in [-0.2, -0.15) is 0 Å². The van der Waals surface area contributed by atoms with Gasteiger partial charge in [0, 0.05) is 35.1 Å². The fourth-order valence-electron chi connectivity index (χ4n) is 2.61. The Balaban J connectivity index is 0.00000242. The number of carboxylic acid groups (broad SMARTS) is 2. The summed E-state index contributed by atoms with van der Waals surface area (Å²) in [5, 5.41) is 20.0. The van der Waals surface area contributed by atoms with E-state index in [0.717, 1.165) is 10.9 Å². The summed E-state index contributed by atoms with van der Waals surface area (Å²) in [4.78, 5) is 22.5. The maximum atomic E-state index is 11.5. The number of hydrogen-bond donors (Lipinski definition) is 2. The number of carboxylic acids is 2. The van der Waals surface area contributed by atoms with Gasteiger partial charge in [-0.05, 0) is 29.3 Å². The molecule has 0 amide bonds. The molecule has 111 valence electrons. The van der Waals surface area contributed by atoms with Crippen LogP contribution in [0.2, 0.25) is 0 Å². The summed E-state index contributed by atoms with van der Waals surface area (Å²) >= 11 is 0. The molecule has 0 heterocycles. The Labute approximate surface area is 150 Å². The second-order valence-corrected chi connectivity index (χ2v) is 4.85. The van der Waals surface area contributed by atoms with Crippen LogP contribution in [0.4, 0.5) is 0 Å². The molecule has 1 radical (unpaired) electrons. The summed E-state index contributed by atoms with van der Waals surface area (Å²) < 4.78 is 5.34. The fourth-order valence-corrected chi connectivity index (χ4v) is 2.61. The SMILES string of the molecule is COc1c(C)cc2ccccc2c1C(CC(=O)O)C(=O)O.[Na]. The van der Waals surface area contributed by atoms with E-state index in [1.54, 1.807) is 12.1 Å². The average Bonchev–Trinajstić information content (AvgIpc) is 2.43. The Morgan fingerprint density at radius 2 is 1.86 bits per heavy atom. The van der Waals surface area contributed by atoms with Crippen LogP contribution in [0.25, 0.3) is 10.8 Å². The van der Waals surface area contributed by atoms with E-state index in [2.05, 4.69) is 0 Å². The molecule has 1 atom stereocenters. The zero-order chi connectivity index (χ0) is 15.6. The Hall–Kier alpha value is -1.56. The van der Waals surface area contributed by atoms with Crippen LogP contribution in [0.5, 0.6) is 5.75 Å². The normalized spacial score (nSPS) is 11.5. The first-order valence-corrected chi connectivity index (χ1v) is 6.46. The molecule has 2 N–H and O–H groups in total. The van der Waals surface area contributed by atoms with E-state index in [4.69, 9.17) is 9.84 Å². The molecular formula is C16H16NaO5. The van der Waals surface area contributed by atoms with Crippen molar-refractivity contribution >= 4 is 52.3 Å². The monoisotopic (exact) mass is 311 g/mol. The number of carbonyl (C=O) groups is 2. The molecule has 1 unspecified atom stereocenters. The van der Waals surface area contributed by atoms with Crippen molar-refractivity contribution in [1.82, 2.24) is 0 Å². The average molecular weight is 311 g/mol. The third-order valence-corrected chi connectivity index (χ3v) is 3.46. The van der Waals surface area contributed by atoms with Crippen molar-refractivity contribution in [2.24, 2.45) is 0 Å². The molecule has 0 spiro atoms. The first-order valence-electron chi connectivity index (χ1n) is 6.46. The Bertz CT molecular complexity index is 711. The van der Waals surface area contributed by atoms with E-state index in [-0.39, 0.29) is 29.6 Å². The number of aryl methyl sites for hydroxylation is 1. The number of ether oxygens (including phenoxy) is 1. The molecule has 0 fully saturated rings. The smallest absolute Gasteiger partial charge is 0.311 e. The van der Waals surface area contributed by atoms with Crippen molar-refractivity contribution < 1.29 is 24.5 Å². The van der Waals surface area contributed by atoms with Crippen LogP contribution in [-0.2, 0) is 9.59 Å². The van der Waals surface area contributed by atoms with E-state index < -0.39 is 24.3 Å². The van der Waals surface area contributed by atoms with Crippen molar-refractivity contribution in [3.05, 3.63) is 41.5 Å². The van der Waals surface area contributed by atoms with Crippen molar-refractivity contribution in [2.45, 2.75) is 19.3 Å². The quantitative estimate of drug-likeness (QED) is 0.829. The van der Waals surface area contributed by atoms with Crippen molar-refractivity contribution in [2.75, 3.05) is 7.11 Å². The molecule has 0 aliphatic carbocycles. The summed E-state index contributed by atoms with van der Waals surface area (Å²) in [6.45, 7) is 1.81. The van der Waals surface area contributed by atoms with Crippen LogP contribution < -0.4 is 4.74 Å². The third kappa shape index (κ3) is 3.61. The zero-order valence-electron chi connectivity index (χ0n) is 12.8. The van der Waals surface area contributed by atoms with Crippen molar-refractivity contribution in [3.8, 4) is 5.75 Å². The second-order valence-electron chi connectivity index (χ2n) is 4.85. The minimum absolute atomic E-state index is 0. The number of fused-ring (bicyclic) bond motifs is 1. The molecule has 0 saturated carbocycles. The number of benzene rings is 2. The molecule has 5 nitrogen and oxygen atoms in total. The topological polar surface area (TPSA) is 83.8 Å². The van der Waals surface area contributed by atoms with Crippen LogP contribution >= 0.6 is 0 Å². The molecule has 0 aliphatic rings. The number of methoxy groups -OCH3 is 1. The standard InChI is InChI=1S/C16H16O5.Na/c1-9-7-10-5-3-4-6-11(10)14(15(9)21-2)12(16(19)20)8-13(17)18;/h3-7,12H,8H2,1-2H3,(H,17,18)(H,19,20);. The molecule has 22 heavy (non-hydrogen) atoms. The van der Waals surface area contributed by atoms with Gasteiger partial charge in [0.2, 0.25) is 0 Å². The maximum absolute atomic E-state index is 11.5. The van der Waals surface area contributed by atoms with E-state index in [0.29, 0.717) is 16.7 Å². The van der Waals surface area contributed by atoms with Gasteiger partial charge >= 0.3 is 11.9 Å². The van der Waals surface area contributed by atoms with Gasteiger partial charge in [0.05, 0.1) is 19.4 Å². The Morgan fingerprint density at radius 1 is 1.23 bits per heavy atom. The van der Waals surface area contributed by atoms with E-state index in [1.165, 1.54) is 7.11 Å². The van der Waals surface area contributed by atoms with Gasteiger partial charge in [0.15, 0.2) is 0 Å². The van der Waals surface area contributed by atoms with Crippen molar-refractivity contribution in [3.63, 3.8) is 0 Å². The molecule has 0 saturated heterocycles.